The lowest BCUT2D eigenvalue weighted by Gasteiger charge is -2.16. The first kappa shape index (κ1) is 15.2. The van der Waals surface area contributed by atoms with Crippen LogP contribution >= 0.6 is 0 Å². The number of benzene rings is 3. The van der Waals surface area contributed by atoms with Crippen molar-refractivity contribution in [1.29, 1.82) is 5.26 Å². The Morgan fingerprint density at radius 3 is 2.04 bits per heavy atom. The number of nitrogens with one attached hydrogen (secondary N) is 1. The molecular weight excluding hydrogens is 297 g/mol. The third-order valence-electron chi connectivity index (χ3n) is 3.68. The second-order valence-electron chi connectivity index (χ2n) is 4.85. The molecule has 0 bridgehead atoms. The van der Waals surface area contributed by atoms with Crippen LogP contribution in [-0.2, 0) is 11.4 Å². The predicted octanol–water partition coefficient (Wildman–Crippen LogP) is 3.61. The Hall–Kier alpha value is -2.72. The maximum absolute atomic E-state index is 13.3. The molecule has 23 heavy (non-hydrogen) atoms. The average Bonchev–Trinajstić information content (AvgIpc) is 2.60. The summed E-state index contributed by atoms with van der Waals surface area (Å²) in [6.07, 6.45) is 1.74. The van der Waals surface area contributed by atoms with E-state index in [1.807, 2.05) is 48.5 Å². The molecule has 0 fully saturated rings. The van der Waals surface area contributed by atoms with Gasteiger partial charge in [0.1, 0.15) is 0 Å². The van der Waals surface area contributed by atoms with Gasteiger partial charge in [-0.25, -0.2) is 0 Å². The van der Waals surface area contributed by atoms with Gasteiger partial charge in [0, 0.05) is 17.3 Å². The normalized spacial score (nSPS) is 11.0. The number of hydrogen-bond acceptors (Lipinski definition) is 5. The fourth-order valence-corrected chi connectivity index (χ4v) is 2.73. The van der Waals surface area contributed by atoms with E-state index in [1.165, 1.54) is 7.11 Å². The lowest BCUT2D eigenvalue weighted by atomic mass is 9.95. The molecule has 3 aromatic carbocycles. The molecule has 1 N–H and O–H groups in total. The van der Waals surface area contributed by atoms with Gasteiger partial charge in [0.2, 0.25) is 0 Å². The van der Waals surface area contributed by atoms with E-state index in [0.29, 0.717) is 5.75 Å². The zero-order chi connectivity index (χ0) is 16.2. The van der Waals surface area contributed by atoms with Crippen molar-refractivity contribution < 1.29 is 14.1 Å². The van der Waals surface area contributed by atoms with Gasteiger partial charge in [0.15, 0.2) is 5.75 Å². The minimum absolute atomic E-state index is 0.0588. The summed E-state index contributed by atoms with van der Waals surface area (Å²) in [5.41, 5.74) is 3.41. The first-order valence-corrected chi connectivity index (χ1v) is 6.98. The van der Waals surface area contributed by atoms with Gasteiger partial charge < -0.3 is 4.74 Å². The van der Waals surface area contributed by atoms with E-state index >= 15 is 0 Å². The molecule has 0 radical (unpaired) electrons. The zero-order valence-corrected chi connectivity index (χ0v) is 12.4. The molecule has 0 unspecified atom stereocenters. The predicted molar refractivity (Wildman–Crippen MR) is 84.5 cm³/mol. The Balaban J connectivity index is 2.28. The second kappa shape index (κ2) is 6.58. The summed E-state index contributed by atoms with van der Waals surface area (Å²) >= 11 is 0. The highest BCUT2D eigenvalue weighted by molar-refractivity contribution is 6.08. The van der Waals surface area contributed by atoms with E-state index in [9.17, 15) is 4.48 Å². The molecule has 0 spiro atoms. The minimum atomic E-state index is 0.0588. The van der Waals surface area contributed by atoms with Crippen molar-refractivity contribution in [3.8, 4) is 12.0 Å². The number of halogens is 1. The Labute approximate surface area is 132 Å². The van der Waals surface area contributed by atoms with Gasteiger partial charge in [-0.15, -0.1) is 5.26 Å². The minimum Gasteiger partial charge on any atom is -0.387 e. The first-order chi connectivity index (χ1) is 11.3. The monoisotopic (exact) mass is 311 g/mol. The van der Waals surface area contributed by atoms with Crippen LogP contribution in [0, 0.1) is 11.5 Å². The molecule has 0 amide bonds. The maximum Gasteiger partial charge on any atom is 0.292 e. The molecule has 0 aliphatic heterocycles. The van der Waals surface area contributed by atoms with Crippen molar-refractivity contribution in [2.75, 3.05) is 7.11 Å². The highest BCUT2D eigenvalue weighted by atomic mass is 19.2. The standard InChI is InChI=1S/C17H14FN3O2/c1-22-21(18)20-10-16-12-6-2-4-8-14(12)17(23-11-19)15-9-5-3-7-13(15)16/h2-9,20H,10H2,1H3. The van der Waals surface area contributed by atoms with Gasteiger partial charge in [0.05, 0.1) is 12.5 Å². The van der Waals surface area contributed by atoms with Gasteiger partial charge >= 0.3 is 0 Å². The molecule has 0 saturated heterocycles. The van der Waals surface area contributed by atoms with Crippen molar-refractivity contribution >= 4 is 21.5 Å². The first-order valence-electron chi connectivity index (χ1n) is 6.98. The number of nitrogens with zero attached hydrogens (tertiary/aromatic N) is 2. The molecule has 0 aliphatic carbocycles. The van der Waals surface area contributed by atoms with Crippen LogP contribution in [0.4, 0.5) is 4.48 Å². The molecule has 0 atom stereocenters. The molecule has 116 valence electrons. The lowest BCUT2D eigenvalue weighted by Crippen LogP contribution is -2.29. The third kappa shape index (κ3) is 2.81. The summed E-state index contributed by atoms with van der Waals surface area (Å²) in [6, 6.07) is 15.1. The Bertz CT molecular complexity index is 835. The maximum atomic E-state index is 13.3. The summed E-state index contributed by atoms with van der Waals surface area (Å²) in [4.78, 5) is 4.45. The van der Waals surface area contributed by atoms with Crippen LogP contribution in [0.3, 0.4) is 0 Å². The van der Waals surface area contributed by atoms with Crippen LogP contribution in [0.25, 0.3) is 21.5 Å². The SMILES string of the molecule is CON(F)NCc1c2ccccc2c(OC#N)c2ccccc12. The fourth-order valence-electron chi connectivity index (χ4n) is 2.73. The molecule has 0 aliphatic rings. The summed E-state index contributed by atoms with van der Waals surface area (Å²) in [5.74, 6) is 0.506. The molecule has 5 nitrogen and oxygen atoms in total. The second-order valence-corrected chi connectivity index (χ2v) is 4.85. The highest BCUT2D eigenvalue weighted by Crippen LogP contribution is 2.38. The highest BCUT2D eigenvalue weighted by Gasteiger charge is 2.15. The van der Waals surface area contributed by atoms with Gasteiger partial charge in [-0.2, -0.15) is 5.43 Å². The van der Waals surface area contributed by atoms with Crippen molar-refractivity contribution in [1.82, 2.24) is 10.8 Å². The van der Waals surface area contributed by atoms with Crippen LogP contribution in [0.15, 0.2) is 48.5 Å². The quantitative estimate of drug-likeness (QED) is 0.338. The van der Waals surface area contributed by atoms with Crippen LogP contribution in [-0.4, -0.2) is 12.5 Å². The number of hydrazine groups is 1. The number of hydrogen-bond donors (Lipinski definition) is 1. The van der Waals surface area contributed by atoms with Gasteiger partial charge in [0.25, 0.3) is 6.26 Å². The van der Waals surface area contributed by atoms with Crippen molar-refractivity contribution in [3.05, 3.63) is 54.1 Å². The Morgan fingerprint density at radius 1 is 1.04 bits per heavy atom. The zero-order valence-electron chi connectivity index (χ0n) is 12.4. The van der Waals surface area contributed by atoms with Gasteiger partial charge in [-0.1, -0.05) is 53.0 Å². The van der Waals surface area contributed by atoms with E-state index in [1.54, 1.807) is 6.26 Å². The molecular formula is C17H14FN3O2. The lowest BCUT2D eigenvalue weighted by molar-refractivity contribution is -0.299. The summed E-state index contributed by atoms with van der Waals surface area (Å²) < 4.78 is 18.5. The summed E-state index contributed by atoms with van der Waals surface area (Å²) in [6.45, 7) is 0.220. The molecule has 0 aromatic heterocycles. The summed E-state index contributed by atoms with van der Waals surface area (Å²) in [5, 5.41) is 12.4. The summed E-state index contributed by atoms with van der Waals surface area (Å²) in [7, 11) is 1.23. The number of fused-ring (bicyclic) bond motifs is 2. The molecule has 3 rings (SSSR count). The van der Waals surface area contributed by atoms with E-state index in [-0.39, 0.29) is 11.9 Å². The Kier molecular flexibility index (Phi) is 4.35. The van der Waals surface area contributed by atoms with Crippen LogP contribution in [0.5, 0.6) is 5.75 Å². The number of nitriles is 1. The van der Waals surface area contributed by atoms with E-state index in [0.717, 1.165) is 27.1 Å². The van der Waals surface area contributed by atoms with Gasteiger partial charge in [-0.05, 0) is 16.3 Å². The van der Waals surface area contributed by atoms with Crippen molar-refractivity contribution in [3.63, 3.8) is 0 Å². The largest absolute Gasteiger partial charge is 0.387 e. The van der Waals surface area contributed by atoms with E-state index in [2.05, 4.69) is 10.3 Å². The molecule has 3 aromatic rings. The van der Waals surface area contributed by atoms with Crippen LogP contribution in [0.2, 0.25) is 0 Å². The topological polar surface area (TPSA) is 57.5 Å². The average molecular weight is 311 g/mol. The van der Waals surface area contributed by atoms with Crippen molar-refractivity contribution in [2.45, 2.75) is 6.54 Å². The van der Waals surface area contributed by atoms with E-state index < -0.39 is 0 Å². The third-order valence-corrected chi connectivity index (χ3v) is 3.68. The number of rotatable bonds is 5. The smallest absolute Gasteiger partial charge is 0.292 e. The van der Waals surface area contributed by atoms with E-state index in [4.69, 9.17) is 10.00 Å². The van der Waals surface area contributed by atoms with Crippen LogP contribution < -0.4 is 10.2 Å². The molecule has 0 saturated carbocycles. The molecule has 0 heterocycles. The Morgan fingerprint density at radius 2 is 1.57 bits per heavy atom. The fraction of sp³-hybridized carbons (Fsp3) is 0.118. The number of ether oxygens (including phenoxy) is 1. The van der Waals surface area contributed by atoms with Crippen LogP contribution in [0.1, 0.15) is 5.56 Å². The molecule has 6 heteroatoms. The van der Waals surface area contributed by atoms with Crippen molar-refractivity contribution in [2.24, 2.45) is 0 Å². The van der Waals surface area contributed by atoms with Gasteiger partial charge in [-0.3, -0.25) is 4.84 Å².